The Bertz CT molecular complexity index is 427. The second kappa shape index (κ2) is 5.50. The summed E-state index contributed by atoms with van der Waals surface area (Å²) in [7, 11) is 0. The predicted molar refractivity (Wildman–Crippen MR) is 67.6 cm³/mol. The number of anilines is 1. The lowest BCUT2D eigenvalue weighted by Crippen LogP contribution is -2.53. The molecule has 0 spiro atoms. The Morgan fingerprint density at radius 2 is 1.67 bits per heavy atom. The van der Waals surface area contributed by atoms with Gasteiger partial charge in [0.2, 0.25) is 0 Å². The number of carbonyl (C=O) groups excluding carboxylic acids is 2. The van der Waals surface area contributed by atoms with Gasteiger partial charge >= 0.3 is 11.8 Å². The highest BCUT2D eigenvalue weighted by Crippen LogP contribution is 2.15. The Morgan fingerprint density at radius 3 is 2.22 bits per heavy atom. The zero-order valence-electron chi connectivity index (χ0n) is 10.0. The number of hydrogen-bond donors (Lipinski definition) is 2. The molecule has 6 heteroatoms. The minimum atomic E-state index is -0.761. The van der Waals surface area contributed by atoms with Crippen LogP contribution in [0.2, 0.25) is 0 Å². The van der Waals surface area contributed by atoms with Crippen molar-refractivity contribution in [2.75, 3.05) is 31.1 Å². The molecule has 1 aliphatic rings. The minimum absolute atomic E-state index is 0.529. The number of nitrogens with two attached hydrogens (primary N) is 1. The third-order valence-corrected chi connectivity index (χ3v) is 3.01. The van der Waals surface area contributed by atoms with Crippen molar-refractivity contribution in [2.45, 2.75) is 0 Å². The van der Waals surface area contributed by atoms with Gasteiger partial charge in [0.15, 0.2) is 0 Å². The number of piperazine rings is 1. The summed E-state index contributed by atoms with van der Waals surface area (Å²) in [6.45, 7) is 2.49. The van der Waals surface area contributed by atoms with Gasteiger partial charge in [-0.15, -0.1) is 0 Å². The van der Waals surface area contributed by atoms with E-state index in [-0.39, 0.29) is 0 Å². The van der Waals surface area contributed by atoms with Gasteiger partial charge in [-0.2, -0.15) is 0 Å². The molecular formula is C12H16N4O2. The molecule has 0 aromatic heterocycles. The normalized spacial score (nSPS) is 15.4. The Labute approximate surface area is 105 Å². The monoisotopic (exact) mass is 248 g/mol. The maximum atomic E-state index is 11.6. The number of amides is 2. The fraction of sp³-hybridized carbons (Fsp3) is 0.333. The average Bonchev–Trinajstić information content (AvgIpc) is 2.47. The van der Waals surface area contributed by atoms with Crippen molar-refractivity contribution in [1.82, 2.24) is 10.3 Å². The summed E-state index contributed by atoms with van der Waals surface area (Å²) in [5, 5.41) is 0. The van der Waals surface area contributed by atoms with E-state index in [1.807, 2.05) is 35.8 Å². The lowest BCUT2D eigenvalue weighted by molar-refractivity contribution is -0.146. The standard InChI is InChI=1S/C12H16N4O2/c13-14-11(17)12(18)16-8-6-15(7-9-16)10-4-2-1-3-5-10/h1-5H,6-9,13H2,(H,14,17). The molecule has 0 radical (unpaired) electrons. The van der Waals surface area contributed by atoms with Gasteiger partial charge in [0.25, 0.3) is 0 Å². The molecule has 0 unspecified atom stereocenters. The van der Waals surface area contributed by atoms with Gasteiger partial charge in [0, 0.05) is 31.9 Å². The highest BCUT2D eigenvalue weighted by atomic mass is 16.2. The van der Waals surface area contributed by atoms with E-state index in [2.05, 4.69) is 4.90 Å². The molecule has 6 nitrogen and oxygen atoms in total. The van der Waals surface area contributed by atoms with Crippen LogP contribution in [0.25, 0.3) is 0 Å². The summed E-state index contributed by atoms with van der Waals surface area (Å²) < 4.78 is 0. The molecule has 1 aromatic carbocycles. The minimum Gasteiger partial charge on any atom is -0.368 e. The van der Waals surface area contributed by atoms with Crippen LogP contribution < -0.4 is 16.2 Å². The van der Waals surface area contributed by atoms with Gasteiger partial charge in [-0.3, -0.25) is 15.0 Å². The average molecular weight is 248 g/mol. The van der Waals surface area contributed by atoms with Crippen molar-refractivity contribution in [2.24, 2.45) is 5.84 Å². The van der Waals surface area contributed by atoms with Crippen molar-refractivity contribution >= 4 is 17.5 Å². The van der Waals surface area contributed by atoms with Gasteiger partial charge in [-0.05, 0) is 12.1 Å². The highest BCUT2D eigenvalue weighted by molar-refractivity contribution is 6.34. The number of nitrogens with one attached hydrogen (secondary N) is 1. The Balaban J connectivity index is 1.92. The molecule has 0 aliphatic carbocycles. The van der Waals surface area contributed by atoms with E-state index in [1.165, 1.54) is 4.90 Å². The molecule has 0 saturated carbocycles. The number of carbonyl (C=O) groups is 2. The smallest absolute Gasteiger partial charge is 0.323 e. The molecule has 0 atom stereocenters. The number of rotatable bonds is 1. The zero-order valence-corrected chi connectivity index (χ0v) is 10.0. The van der Waals surface area contributed by atoms with Crippen LogP contribution in [0.15, 0.2) is 30.3 Å². The van der Waals surface area contributed by atoms with Gasteiger partial charge in [0.1, 0.15) is 0 Å². The van der Waals surface area contributed by atoms with Crippen LogP contribution in [-0.2, 0) is 9.59 Å². The van der Waals surface area contributed by atoms with Crippen molar-refractivity contribution < 1.29 is 9.59 Å². The fourth-order valence-electron chi connectivity index (χ4n) is 2.01. The summed E-state index contributed by atoms with van der Waals surface area (Å²) in [5.41, 5.74) is 2.99. The van der Waals surface area contributed by atoms with E-state index in [1.54, 1.807) is 0 Å². The molecule has 1 aliphatic heterocycles. The van der Waals surface area contributed by atoms with Crippen LogP contribution >= 0.6 is 0 Å². The molecule has 2 amide bonds. The maximum Gasteiger partial charge on any atom is 0.323 e. The first-order valence-corrected chi connectivity index (χ1v) is 5.82. The Morgan fingerprint density at radius 1 is 1.06 bits per heavy atom. The molecule has 1 heterocycles. The highest BCUT2D eigenvalue weighted by Gasteiger charge is 2.25. The quantitative estimate of drug-likeness (QED) is 0.299. The van der Waals surface area contributed by atoms with E-state index < -0.39 is 11.8 Å². The van der Waals surface area contributed by atoms with E-state index in [4.69, 9.17) is 5.84 Å². The van der Waals surface area contributed by atoms with Crippen molar-refractivity contribution in [3.8, 4) is 0 Å². The van der Waals surface area contributed by atoms with Crippen molar-refractivity contribution in [3.05, 3.63) is 30.3 Å². The Hall–Kier alpha value is -2.08. The summed E-state index contributed by atoms with van der Waals surface area (Å²) in [6.07, 6.45) is 0. The van der Waals surface area contributed by atoms with Gasteiger partial charge in [0.05, 0.1) is 0 Å². The van der Waals surface area contributed by atoms with Crippen LogP contribution in [0, 0.1) is 0 Å². The first kappa shape index (κ1) is 12.4. The van der Waals surface area contributed by atoms with E-state index in [0.717, 1.165) is 5.69 Å². The first-order chi connectivity index (χ1) is 8.72. The third-order valence-electron chi connectivity index (χ3n) is 3.01. The van der Waals surface area contributed by atoms with Gasteiger partial charge in [-0.1, -0.05) is 18.2 Å². The van der Waals surface area contributed by atoms with E-state index >= 15 is 0 Å². The second-order valence-corrected chi connectivity index (χ2v) is 4.09. The number of hydrazine groups is 1. The lowest BCUT2D eigenvalue weighted by atomic mass is 10.2. The molecule has 1 aromatic rings. The van der Waals surface area contributed by atoms with Gasteiger partial charge in [-0.25, -0.2) is 5.84 Å². The van der Waals surface area contributed by atoms with Crippen molar-refractivity contribution in [1.29, 1.82) is 0 Å². The molecule has 2 rings (SSSR count). The second-order valence-electron chi connectivity index (χ2n) is 4.09. The molecule has 1 saturated heterocycles. The Kier molecular flexibility index (Phi) is 3.78. The summed E-state index contributed by atoms with van der Waals surface area (Å²) in [6, 6.07) is 9.99. The largest absolute Gasteiger partial charge is 0.368 e. The molecule has 0 bridgehead atoms. The summed E-state index contributed by atoms with van der Waals surface area (Å²) in [5.74, 6) is 3.61. The van der Waals surface area contributed by atoms with Crippen LogP contribution in [0.5, 0.6) is 0 Å². The SMILES string of the molecule is NNC(=O)C(=O)N1CCN(c2ccccc2)CC1. The molecular weight excluding hydrogens is 232 g/mol. The van der Waals surface area contributed by atoms with Crippen molar-refractivity contribution in [3.63, 3.8) is 0 Å². The molecule has 1 fully saturated rings. The van der Waals surface area contributed by atoms with Crippen LogP contribution in [0.4, 0.5) is 5.69 Å². The molecule has 18 heavy (non-hydrogen) atoms. The van der Waals surface area contributed by atoms with Crippen LogP contribution in [-0.4, -0.2) is 42.9 Å². The fourth-order valence-corrected chi connectivity index (χ4v) is 2.01. The lowest BCUT2D eigenvalue weighted by Gasteiger charge is -2.35. The zero-order chi connectivity index (χ0) is 13.0. The van der Waals surface area contributed by atoms with E-state index in [0.29, 0.717) is 26.2 Å². The number of nitrogens with zero attached hydrogens (tertiary/aromatic N) is 2. The summed E-state index contributed by atoms with van der Waals surface area (Å²) >= 11 is 0. The molecule has 96 valence electrons. The third kappa shape index (κ3) is 2.60. The number of para-hydroxylation sites is 1. The topological polar surface area (TPSA) is 78.7 Å². The first-order valence-electron chi connectivity index (χ1n) is 5.82. The van der Waals surface area contributed by atoms with Crippen LogP contribution in [0.1, 0.15) is 0 Å². The molecule has 3 N–H and O–H groups in total. The van der Waals surface area contributed by atoms with Gasteiger partial charge < -0.3 is 9.80 Å². The summed E-state index contributed by atoms with van der Waals surface area (Å²) in [4.78, 5) is 26.4. The van der Waals surface area contributed by atoms with E-state index in [9.17, 15) is 9.59 Å². The maximum absolute atomic E-state index is 11.6. The predicted octanol–water partition coefficient (Wildman–Crippen LogP) is -0.675. The number of hydrogen-bond acceptors (Lipinski definition) is 4. The number of benzene rings is 1. The van der Waals surface area contributed by atoms with Crippen LogP contribution in [0.3, 0.4) is 0 Å².